The SMILES string of the molecule is O=C(NCC(F)(F)F)[C@H]1CC2(CN1c1ccnc(-c3c[nH]c4ncc(Cl)cc34)n1)SCCCS2. The van der Waals surface area contributed by atoms with Crippen molar-refractivity contribution in [1.82, 2.24) is 25.3 Å². The number of pyridine rings is 1. The molecule has 1 spiro atoms. The maximum atomic E-state index is 12.9. The van der Waals surface area contributed by atoms with Crippen molar-refractivity contribution in [2.24, 2.45) is 0 Å². The van der Waals surface area contributed by atoms with Gasteiger partial charge >= 0.3 is 6.18 Å². The summed E-state index contributed by atoms with van der Waals surface area (Å²) in [4.78, 5) is 31.1. The maximum Gasteiger partial charge on any atom is 0.405 e. The number of aromatic nitrogens is 4. The molecule has 0 unspecified atom stereocenters. The van der Waals surface area contributed by atoms with E-state index >= 15 is 0 Å². The minimum atomic E-state index is -4.47. The number of rotatable bonds is 4. The Morgan fingerprint density at radius 2 is 2.12 bits per heavy atom. The predicted molar refractivity (Wildman–Crippen MR) is 129 cm³/mol. The minimum absolute atomic E-state index is 0.262. The van der Waals surface area contributed by atoms with Crippen LogP contribution in [0.15, 0.2) is 30.7 Å². The van der Waals surface area contributed by atoms with E-state index in [2.05, 4.69) is 20.3 Å². The van der Waals surface area contributed by atoms with Crippen LogP contribution in [0.2, 0.25) is 5.02 Å². The molecule has 2 aliphatic rings. The number of nitrogens with one attached hydrogen (secondary N) is 2. The lowest BCUT2D eigenvalue weighted by atomic mass is 10.2. The van der Waals surface area contributed by atoms with Gasteiger partial charge in [-0.1, -0.05) is 11.6 Å². The summed E-state index contributed by atoms with van der Waals surface area (Å²) in [7, 11) is 0. The van der Waals surface area contributed by atoms with Crippen LogP contribution in [0.3, 0.4) is 0 Å². The Morgan fingerprint density at radius 3 is 2.88 bits per heavy atom. The van der Waals surface area contributed by atoms with Crippen molar-refractivity contribution in [2.75, 3.05) is 29.5 Å². The van der Waals surface area contributed by atoms with Crippen LogP contribution in [0.25, 0.3) is 22.4 Å². The van der Waals surface area contributed by atoms with Gasteiger partial charge in [0.1, 0.15) is 24.1 Å². The number of anilines is 1. The Morgan fingerprint density at radius 1 is 1.32 bits per heavy atom. The zero-order valence-electron chi connectivity index (χ0n) is 17.7. The molecule has 0 aliphatic carbocycles. The first-order valence-corrected chi connectivity index (χ1v) is 12.9. The van der Waals surface area contributed by atoms with Crippen molar-refractivity contribution in [2.45, 2.75) is 29.1 Å². The molecule has 3 aromatic rings. The molecule has 5 heterocycles. The quantitative estimate of drug-likeness (QED) is 0.515. The van der Waals surface area contributed by atoms with E-state index in [0.29, 0.717) is 40.8 Å². The fourth-order valence-electron chi connectivity index (χ4n) is 4.25. The van der Waals surface area contributed by atoms with Gasteiger partial charge in [-0.15, -0.1) is 23.5 Å². The van der Waals surface area contributed by atoms with Gasteiger partial charge in [0, 0.05) is 42.5 Å². The van der Waals surface area contributed by atoms with Crippen LogP contribution < -0.4 is 10.2 Å². The summed E-state index contributed by atoms with van der Waals surface area (Å²) in [5, 5.41) is 3.28. The number of nitrogens with zero attached hydrogens (tertiary/aromatic N) is 4. The first-order chi connectivity index (χ1) is 16.2. The van der Waals surface area contributed by atoms with Gasteiger partial charge in [0.15, 0.2) is 5.82 Å². The molecule has 2 aliphatic heterocycles. The van der Waals surface area contributed by atoms with Crippen molar-refractivity contribution in [3.63, 3.8) is 0 Å². The molecule has 34 heavy (non-hydrogen) atoms. The largest absolute Gasteiger partial charge is 0.405 e. The third-order valence-electron chi connectivity index (χ3n) is 5.75. The molecule has 1 atom stereocenters. The highest BCUT2D eigenvalue weighted by atomic mass is 35.5. The fraction of sp³-hybridized carbons (Fsp3) is 0.429. The number of fused-ring (bicyclic) bond motifs is 1. The van der Waals surface area contributed by atoms with Gasteiger partial charge < -0.3 is 15.2 Å². The van der Waals surface area contributed by atoms with Gasteiger partial charge in [0.05, 0.1) is 9.10 Å². The second kappa shape index (κ2) is 9.12. The minimum Gasteiger partial charge on any atom is -0.345 e. The Kier molecular flexibility index (Phi) is 6.32. The van der Waals surface area contributed by atoms with E-state index in [9.17, 15) is 18.0 Å². The third kappa shape index (κ3) is 4.80. The van der Waals surface area contributed by atoms with Crippen LogP contribution in [-0.4, -0.2) is 66.7 Å². The van der Waals surface area contributed by atoms with Crippen molar-refractivity contribution < 1.29 is 18.0 Å². The van der Waals surface area contributed by atoms with Gasteiger partial charge in [-0.2, -0.15) is 13.2 Å². The summed E-state index contributed by atoms with van der Waals surface area (Å²) in [5.41, 5.74) is 1.33. The number of H-pyrrole nitrogens is 1. The maximum absolute atomic E-state index is 12.9. The van der Waals surface area contributed by atoms with Crippen molar-refractivity contribution in [3.8, 4) is 11.4 Å². The van der Waals surface area contributed by atoms with Crippen LogP contribution >= 0.6 is 35.1 Å². The first kappa shape index (κ1) is 23.6. The molecular formula is C21H20ClF3N6OS2. The van der Waals surface area contributed by atoms with E-state index in [-0.39, 0.29) is 4.08 Å². The molecule has 0 aromatic carbocycles. The summed E-state index contributed by atoms with van der Waals surface area (Å²) in [6.07, 6.45) is 1.89. The molecule has 13 heteroatoms. The smallest absolute Gasteiger partial charge is 0.345 e. The number of carbonyl (C=O) groups excluding carboxylic acids is 1. The van der Waals surface area contributed by atoms with E-state index in [1.54, 1.807) is 48.1 Å². The van der Waals surface area contributed by atoms with Gasteiger partial charge in [-0.25, -0.2) is 15.0 Å². The monoisotopic (exact) mass is 528 g/mol. The molecule has 2 saturated heterocycles. The van der Waals surface area contributed by atoms with Crippen LogP contribution in [-0.2, 0) is 4.79 Å². The van der Waals surface area contributed by atoms with Crippen molar-refractivity contribution in [1.29, 1.82) is 0 Å². The zero-order valence-corrected chi connectivity index (χ0v) is 20.1. The molecule has 2 N–H and O–H groups in total. The molecule has 7 nitrogen and oxygen atoms in total. The zero-order chi connectivity index (χ0) is 23.9. The van der Waals surface area contributed by atoms with E-state index < -0.39 is 24.7 Å². The Hall–Kier alpha value is -2.18. The van der Waals surface area contributed by atoms with E-state index in [0.717, 1.165) is 23.3 Å². The molecular weight excluding hydrogens is 509 g/mol. The highest BCUT2D eigenvalue weighted by Crippen LogP contribution is 2.51. The number of amides is 1. The summed E-state index contributed by atoms with van der Waals surface area (Å²) < 4.78 is 38.0. The number of carbonyl (C=O) groups is 1. The molecule has 5 rings (SSSR count). The van der Waals surface area contributed by atoms with Crippen molar-refractivity contribution in [3.05, 3.63) is 35.7 Å². The number of hydrogen-bond donors (Lipinski definition) is 2. The third-order valence-corrected chi connectivity index (χ3v) is 9.29. The Balaban J connectivity index is 1.48. The number of halogens is 4. The van der Waals surface area contributed by atoms with Crippen LogP contribution in [0.5, 0.6) is 0 Å². The van der Waals surface area contributed by atoms with Gasteiger partial charge in [0.2, 0.25) is 5.91 Å². The van der Waals surface area contributed by atoms with Gasteiger partial charge in [-0.3, -0.25) is 4.79 Å². The number of thioether (sulfide) groups is 2. The molecule has 3 aromatic heterocycles. The molecule has 180 valence electrons. The van der Waals surface area contributed by atoms with E-state index in [1.165, 1.54) is 6.20 Å². The normalized spacial score (nSPS) is 20.2. The van der Waals surface area contributed by atoms with Crippen molar-refractivity contribution >= 4 is 57.9 Å². The topological polar surface area (TPSA) is 86.8 Å². The van der Waals surface area contributed by atoms with Crippen LogP contribution in [0, 0.1) is 0 Å². The number of alkyl halides is 3. The average Bonchev–Trinajstić information content (AvgIpc) is 3.39. The lowest BCUT2D eigenvalue weighted by molar-refractivity contribution is -0.139. The number of aromatic amines is 1. The number of hydrogen-bond acceptors (Lipinski definition) is 7. The van der Waals surface area contributed by atoms with Gasteiger partial charge in [-0.05, 0) is 30.1 Å². The molecule has 0 radical (unpaired) electrons. The predicted octanol–water partition coefficient (Wildman–Crippen LogP) is 4.50. The van der Waals surface area contributed by atoms with E-state index in [4.69, 9.17) is 16.6 Å². The summed E-state index contributed by atoms with van der Waals surface area (Å²) >= 11 is 9.65. The lowest BCUT2D eigenvalue weighted by Gasteiger charge is -2.31. The molecule has 2 fully saturated rings. The summed E-state index contributed by atoms with van der Waals surface area (Å²) in [6, 6.07) is 2.69. The second-order valence-corrected chi connectivity index (χ2v) is 11.8. The van der Waals surface area contributed by atoms with Crippen LogP contribution in [0.4, 0.5) is 19.0 Å². The Labute approximate surface area is 206 Å². The summed E-state index contributed by atoms with van der Waals surface area (Å²) in [5.74, 6) is 2.16. The Bertz CT molecular complexity index is 1220. The highest BCUT2D eigenvalue weighted by Gasteiger charge is 2.49. The highest BCUT2D eigenvalue weighted by molar-refractivity contribution is 8.18. The average molecular weight is 529 g/mol. The molecule has 0 bridgehead atoms. The van der Waals surface area contributed by atoms with Gasteiger partial charge in [0.25, 0.3) is 0 Å². The standard InChI is InChI=1S/C21H20ClF3N6OS2/c22-12-6-13-14(9-28-17(13)27-8-12)18-26-3-2-16(30-18)31-11-20(33-4-1-5-34-20)7-15(31)19(32)29-10-21(23,24)25/h2-3,6,8-9,15H,1,4-5,7,10-11H2,(H,27,28)(H,29,32)/t15-/m1/s1. The lowest BCUT2D eigenvalue weighted by Crippen LogP contribution is -2.46. The summed E-state index contributed by atoms with van der Waals surface area (Å²) in [6.45, 7) is -0.855. The molecule has 1 amide bonds. The fourth-order valence-corrected chi connectivity index (χ4v) is 7.75. The second-order valence-electron chi connectivity index (χ2n) is 8.13. The van der Waals surface area contributed by atoms with Crippen LogP contribution in [0.1, 0.15) is 12.8 Å². The molecule has 0 saturated carbocycles. The first-order valence-electron chi connectivity index (χ1n) is 10.6. The van der Waals surface area contributed by atoms with E-state index in [1.807, 2.05) is 4.90 Å².